The first-order valence-electron chi connectivity index (χ1n) is 6.38. The summed E-state index contributed by atoms with van der Waals surface area (Å²) in [6.45, 7) is 0. The maximum absolute atomic E-state index is 5.78. The SMILES string of the molecule is COc1ccc(-c2nc3cc(NC(N)=S)ccc3o2)cc1Br. The third-order valence-corrected chi connectivity index (χ3v) is 3.78. The van der Waals surface area contributed by atoms with Gasteiger partial charge in [-0.3, -0.25) is 0 Å². The van der Waals surface area contributed by atoms with Gasteiger partial charge in [0.2, 0.25) is 5.89 Å². The number of halogens is 1. The fraction of sp³-hybridized carbons (Fsp3) is 0.0667. The van der Waals surface area contributed by atoms with Crippen molar-refractivity contribution in [2.45, 2.75) is 0 Å². The van der Waals surface area contributed by atoms with Crippen molar-refractivity contribution in [2.75, 3.05) is 12.4 Å². The zero-order valence-electron chi connectivity index (χ0n) is 11.6. The van der Waals surface area contributed by atoms with Crippen molar-refractivity contribution in [3.63, 3.8) is 0 Å². The molecule has 5 nitrogen and oxygen atoms in total. The minimum atomic E-state index is 0.210. The molecule has 0 aliphatic heterocycles. The van der Waals surface area contributed by atoms with Gasteiger partial charge in [-0.15, -0.1) is 0 Å². The minimum Gasteiger partial charge on any atom is -0.496 e. The van der Waals surface area contributed by atoms with Crippen LogP contribution in [0.2, 0.25) is 0 Å². The van der Waals surface area contributed by atoms with Gasteiger partial charge in [0.15, 0.2) is 10.7 Å². The Morgan fingerprint density at radius 1 is 1.32 bits per heavy atom. The van der Waals surface area contributed by atoms with Crippen molar-refractivity contribution in [1.82, 2.24) is 4.98 Å². The van der Waals surface area contributed by atoms with Gasteiger partial charge < -0.3 is 20.2 Å². The van der Waals surface area contributed by atoms with Crippen LogP contribution in [0.25, 0.3) is 22.6 Å². The molecule has 0 bridgehead atoms. The zero-order valence-corrected chi connectivity index (χ0v) is 14.0. The monoisotopic (exact) mass is 377 g/mol. The fourth-order valence-corrected chi connectivity index (χ4v) is 2.73. The van der Waals surface area contributed by atoms with E-state index in [-0.39, 0.29) is 5.11 Å². The summed E-state index contributed by atoms with van der Waals surface area (Å²) >= 11 is 8.28. The summed E-state index contributed by atoms with van der Waals surface area (Å²) in [5.74, 6) is 1.29. The maximum Gasteiger partial charge on any atom is 0.227 e. The molecule has 0 atom stereocenters. The maximum atomic E-state index is 5.78. The van der Waals surface area contributed by atoms with Gasteiger partial charge in [-0.25, -0.2) is 4.98 Å². The number of thiocarbonyl (C=S) groups is 1. The van der Waals surface area contributed by atoms with Crippen LogP contribution in [0.3, 0.4) is 0 Å². The minimum absolute atomic E-state index is 0.210. The van der Waals surface area contributed by atoms with Gasteiger partial charge in [-0.1, -0.05) is 0 Å². The molecular weight excluding hydrogens is 366 g/mol. The molecule has 0 spiro atoms. The third-order valence-electron chi connectivity index (χ3n) is 3.05. The van der Waals surface area contributed by atoms with Crippen LogP contribution < -0.4 is 15.8 Å². The molecule has 1 heterocycles. The number of oxazole rings is 1. The summed E-state index contributed by atoms with van der Waals surface area (Å²) < 4.78 is 11.8. The van der Waals surface area contributed by atoms with E-state index >= 15 is 0 Å². The van der Waals surface area contributed by atoms with Gasteiger partial charge in [0.1, 0.15) is 11.3 Å². The van der Waals surface area contributed by atoms with E-state index in [0.717, 1.165) is 27.0 Å². The van der Waals surface area contributed by atoms with Crippen LogP contribution in [0.4, 0.5) is 5.69 Å². The summed E-state index contributed by atoms with van der Waals surface area (Å²) in [7, 11) is 1.62. The first-order chi connectivity index (χ1) is 10.6. The molecule has 0 amide bonds. The predicted molar refractivity (Wildman–Crippen MR) is 94.1 cm³/mol. The fourth-order valence-electron chi connectivity index (χ4n) is 2.07. The zero-order chi connectivity index (χ0) is 15.7. The number of nitrogens with two attached hydrogens (primary N) is 1. The molecule has 3 N–H and O–H groups in total. The molecule has 0 radical (unpaired) electrons. The van der Waals surface area contributed by atoms with Crippen molar-refractivity contribution in [3.8, 4) is 17.2 Å². The van der Waals surface area contributed by atoms with Gasteiger partial charge in [0, 0.05) is 11.3 Å². The van der Waals surface area contributed by atoms with Crippen LogP contribution in [0.1, 0.15) is 0 Å². The van der Waals surface area contributed by atoms with E-state index in [1.165, 1.54) is 0 Å². The van der Waals surface area contributed by atoms with Crippen LogP contribution >= 0.6 is 28.1 Å². The van der Waals surface area contributed by atoms with E-state index in [2.05, 4.69) is 26.2 Å². The van der Waals surface area contributed by atoms with E-state index in [1.54, 1.807) is 7.11 Å². The molecule has 0 fully saturated rings. The van der Waals surface area contributed by atoms with Gasteiger partial charge in [0.05, 0.1) is 11.6 Å². The van der Waals surface area contributed by atoms with E-state index in [1.807, 2.05) is 36.4 Å². The molecule has 0 saturated carbocycles. The number of hydrogen-bond donors (Lipinski definition) is 2. The largest absolute Gasteiger partial charge is 0.496 e. The lowest BCUT2D eigenvalue weighted by Crippen LogP contribution is -2.18. The average Bonchev–Trinajstić information content (AvgIpc) is 2.89. The summed E-state index contributed by atoms with van der Waals surface area (Å²) in [6, 6.07) is 11.1. The Balaban J connectivity index is 2.01. The van der Waals surface area contributed by atoms with Gasteiger partial charge in [-0.05, 0) is 64.5 Å². The Kier molecular flexibility index (Phi) is 4.00. The number of nitrogens with zero attached hydrogens (tertiary/aromatic N) is 1. The number of aromatic nitrogens is 1. The van der Waals surface area contributed by atoms with E-state index < -0.39 is 0 Å². The second-order valence-corrected chi connectivity index (χ2v) is 5.83. The number of nitrogens with one attached hydrogen (secondary N) is 1. The standard InChI is InChI=1S/C15H12BrN3O2S/c1-20-12-4-2-8(6-10(12)16)14-19-11-7-9(18-15(17)22)3-5-13(11)21-14/h2-7H,1H3,(H3,17,18,22). The lowest BCUT2D eigenvalue weighted by atomic mass is 10.2. The Morgan fingerprint density at radius 3 is 2.82 bits per heavy atom. The van der Waals surface area contributed by atoms with Crippen molar-refractivity contribution in [1.29, 1.82) is 0 Å². The summed E-state index contributed by atoms with van der Waals surface area (Å²) in [6.07, 6.45) is 0. The molecule has 3 aromatic rings. The summed E-state index contributed by atoms with van der Waals surface area (Å²) in [4.78, 5) is 4.50. The second-order valence-electron chi connectivity index (χ2n) is 4.54. The van der Waals surface area contributed by atoms with Crippen molar-refractivity contribution >= 4 is 50.0 Å². The van der Waals surface area contributed by atoms with Crippen molar-refractivity contribution < 1.29 is 9.15 Å². The number of hydrogen-bond acceptors (Lipinski definition) is 4. The second kappa shape index (κ2) is 5.94. The third kappa shape index (κ3) is 2.90. The van der Waals surface area contributed by atoms with Crippen LogP contribution in [-0.2, 0) is 0 Å². The van der Waals surface area contributed by atoms with Gasteiger partial charge in [0.25, 0.3) is 0 Å². The highest BCUT2D eigenvalue weighted by atomic mass is 79.9. The first kappa shape index (κ1) is 14.8. The van der Waals surface area contributed by atoms with Crippen LogP contribution in [0.5, 0.6) is 5.75 Å². The molecule has 7 heteroatoms. The molecule has 3 rings (SSSR count). The molecular formula is C15H12BrN3O2S. The molecule has 22 heavy (non-hydrogen) atoms. The lowest BCUT2D eigenvalue weighted by Gasteiger charge is -2.03. The highest BCUT2D eigenvalue weighted by Crippen LogP contribution is 2.32. The number of anilines is 1. The molecule has 0 aliphatic rings. The topological polar surface area (TPSA) is 73.3 Å². The first-order valence-corrected chi connectivity index (χ1v) is 7.58. The average molecular weight is 378 g/mol. The number of rotatable bonds is 3. The Labute approximate surface area is 140 Å². The van der Waals surface area contributed by atoms with Crippen LogP contribution in [-0.4, -0.2) is 17.2 Å². The number of fused-ring (bicyclic) bond motifs is 1. The molecule has 2 aromatic carbocycles. The van der Waals surface area contributed by atoms with Crippen molar-refractivity contribution in [3.05, 3.63) is 40.9 Å². The highest BCUT2D eigenvalue weighted by molar-refractivity contribution is 9.10. The van der Waals surface area contributed by atoms with Gasteiger partial charge >= 0.3 is 0 Å². The predicted octanol–water partition coefficient (Wildman–Crippen LogP) is 3.92. The Morgan fingerprint density at radius 2 is 2.14 bits per heavy atom. The van der Waals surface area contributed by atoms with E-state index in [9.17, 15) is 0 Å². The number of methoxy groups -OCH3 is 1. The summed E-state index contributed by atoms with van der Waals surface area (Å²) in [5, 5.41) is 3.08. The summed E-state index contributed by atoms with van der Waals surface area (Å²) in [5.41, 5.74) is 8.51. The Hall–Kier alpha value is -2.12. The molecule has 0 aliphatic carbocycles. The number of benzene rings is 2. The molecule has 0 saturated heterocycles. The molecule has 112 valence electrons. The Bertz CT molecular complexity index is 863. The van der Waals surface area contributed by atoms with Gasteiger partial charge in [-0.2, -0.15) is 0 Å². The number of ether oxygens (including phenoxy) is 1. The molecule has 0 unspecified atom stereocenters. The smallest absolute Gasteiger partial charge is 0.227 e. The lowest BCUT2D eigenvalue weighted by molar-refractivity contribution is 0.412. The quantitative estimate of drug-likeness (QED) is 0.673. The van der Waals surface area contributed by atoms with Crippen LogP contribution in [0.15, 0.2) is 45.3 Å². The van der Waals surface area contributed by atoms with E-state index in [4.69, 9.17) is 27.1 Å². The normalized spacial score (nSPS) is 10.6. The highest BCUT2D eigenvalue weighted by Gasteiger charge is 2.11. The molecule has 1 aromatic heterocycles. The van der Waals surface area contributed by atoms with E-state index in [0.29, 0.717) is 11.5 Å². The van der Waals surface area contributed by atoms with Crippen molar-refractivity contribution in [2.24, 2.45) is 5.73 Å². The van der Waals surface area contributed by atoms with Crippen LogP contribution in [0, 0.1) is 0 Å².